The second-order valence-electron chi connectivity index (χ2n) is 6.05. The topological polar surface area (TPSA) is 9.23 Å². The van der Waals surface area contributed by atoms with Crippen LogP contribution in [0.4, 0.5) is 0 Å². The Labute approximate surface area is 143 Å². The number of hydrogen-bond acceptors (Lipinski definition) is 1. The van der Waals surface area contributed by atoms with Crippen LogP contribution in [0.5, 0.6) is 5.75 Å². The zero-order valence-corrected chi connectivity index (χ0v) is 14.4. The van der Waals surface area contributed by atoms with Crippen LogP contribution in [0.15, 0.2) is 48.5 Å². The van der Waals surface area contributed by atoms with Gasteiger partial charge < -0.3 is 4.74 Å². The molecule has 0 bridgehead atoms. The fraction of sp³-hybridized carbons (Fsp3) is 0.333. The second kappa shape index (κ2) is 7.70. The van der Waals surface area contributed by atoms with E-state index in [1.165, 1.54) is 36.5 Å². The van der Waals surface area contributed by atoms with E-state index < -0.39 is 0 Å². The van der Waals surface area contributed by atoms with Crippen LogP contribution in [-0.2, 0) is 0 Å². The minimum absolute atomic E-state index is 0.751. The van der Waals surface area contributed by atoms with Crippen LogP contribution in [-0.4, -0.2) is 6.61 Å². The molecule has 0 aliphatic rings. The Bertz CT molecular complexity index is 794. The van der Waals surface area contributed by atoms with Crippen molar-refractivity contribution in [2.24, 2.45) is 0 Å². The summed E-state index contributed by atoms with van der Waals surface area (Å²) in [5.41, 5.74) is 0. The lowest BCUT2D eigenvalue weighted by Gasteiger charge is -2.13. The summed E-state index contributed by atoms with van der Waals surface area (Å²) in [6.45, 7) is 3.00. The number of fused-ring (bicyclic) bond motifs is 2. The number of unbranched alkanes of at least 4 members (excludes halogenated alkanes) is 4. The van der Waals surface area contributed by atoms with Crippen molar-refractivity contribution in [1.82, 2.24) is 0 Å². The molecular weight excluding hydrogens is 304 g/mol. The maximum atomic E-state index is 6.21. The highest BCUT2D eigenvalue weighted by Crippen LogP contribution is 2.36. The molecule has 0 fully saturated rings. The fourth-order valence-corrected chi connectivity index (χ4v) is 3.20. The van der Waals surface area contributed by atoms with Gasteiger partial charge in [-0.2, -0.15) is 0 Å². The van der Waals surface area contributed by atoms with Crippen LogP contribution in [0.25, 0.3) is 21.5 Å². The van der Waals surface area contributed by atoms with Gasteiger partial charge in [0.25, 0.3) is 0 Å². The van der Waals surface area contributed by atoms with Crippen LogP contribution in [0, 0.1) is 0 Å². The van der Waals surface area contributed by atoms with Crippen molar-refractivity contribution < 1.29 is 4.74 Å². The predicted octanol–water partition coefficient (Wildman–Crippen LogP) is 7.00. The number of ether oxygens (including phenoxy) is 1. The van der Waals surface area contributed by atoms with Crippen molar-refractivity contribution in [1.29, 1.82) is 0 Å². The highest BCUT2D eigenvalue weighted by atomic mass is 35.5. The number of benzene rings is 3. The van der Waals surface area contributed by atoms with Gasteiger partial charge >= 0.3 is 0 Å². The first-order chi connectivity index (χ1) is 11.3. The van der Waals surface area contributed by atoms with Crippen molar-refractivity contribution in [3.05, 3.63) is 53.6 Å². The first-order valence-corrected chi connectivity index (χ1v) is 8.91. The normalized spacial score (nSPS) is 11.2. The molecule has 0 amide bonds. The smallest absolute Gasteiger partial charge is 0.134 e. The lowest BCUT2D eigenvalue weighted by atomic mass is 10.0. The summed E-state index contributed by atoms with van der Waals surface area (Å²) in [6, 6.07) is 16.6. The molecule has 0 saturated heterocycles. The van der Waals surface area contributed by atoms with Gasteiger partial charge in [-0.3, -0.25) is 0 Å². The fourth-order valence-electron chi connectivity index (χ4n) is 3.03. The Morgan fingerprint density at radius 2 is 1.61 bits per heavy atom. The van der Waals surface area contributed by atoms with Gasteiger partial charge in [-0.1, -0.05) is 74.5 Å². The van der Waals surface area contributed by atoms with Gasteiger partial charge in [-0.25, -0.2) is 0 Å². The molecule has 0 spiro atoms. The average Bonchev–Trinajstić information content (AvgIpc) is 2.57. The van der Waals surface area contributed by atoms with E-state index >= 15 is 0 Å². The van der Waals surface area contributed by atoms with Gasteiger partial charge in [-0.15, -0.1) is 0 Å². The van der Waals surface area contributed by atoms with Gasteiger partial charge in [0, 0.05) is 15.8 Å². The SMILES string of the molecule is CCCCCCCOc1c2ccccc2cc2ccc(Cl)cc12. The Kier molecular flexibility index (Phi) is 5.40. The quantitative estimate of drug-likeness (QED) is 0.335. The first-order valence-electron chi connectivity index (χ1n) is 8.53. The van der Waals surface area contributed by atoms with Crippen LogP contribution < -0.4 is 4.74 Å². The molecule has 0 radical (unpaired) electrons. The van der Waals surface area contributed by atoms with Gasteiger partial charge in [0.2, 0.25) is 0 Å². The largest absolute Gasteiger partial charge is 0.492 e. The van der Waals surface area contributed by atoms with Gasteiger partial charge in [0.15, 0.2) is 0 Å². The summed E-state index contributed by atoms with van der Waals surface area (Å²) >= 11 is 6.20. The van der Waals surface area contributed by atoms with Gasteiger partial charge in [0.1, 0.15) is 5.75 Å². The molecule has 3 aromatic carbocycles. The summed E-state index contributed by atoms with van der Waals surface area (Å²) in [4.78, 5) is 0. The first kappa shape index (κ1) is 16.1. The van der Waals surface area contributed by atoms with Crippen molar-refractivity contribution in [2.75, 3.05) is 6.61 Å². The minimum atomic E-state index is 0.751. The molecule has 0 heterocycles. The van der Waals surface area contributed by atoms with Crippen LogP contribution in [0.3, 0.4) is 0 Å². The third-order valence-electron chi connectivity index (χ3n) is 4.27. The zero-order chi connectivity index (χ0) is 16.1. The van der Waals surface area contributed by atoms with Crippen molar-refractivity contribution in [3.8, 4) is 5.75 Å². The molecule has 23 heavy (non-hydrogen) atoms. The summed E-state index contributed by atoms with van der Waals surface area (Å²) in [6.07, 6.45) is 6.21. The highest BCUT2D eigenvalue weighted by molar-refractivity contribution is 6.31. The lowest BCUT2D eigenvalue weighted by molar-refractivity contribution is 0.311. The molecule has 3 rings (SSSR count). The molecule has 0 aliphatic heterocycles. The number of halogens is 1. The molecule has 0 aliphatic carbocycles. The lowest BCUT2D eigenvalue weighted by Crippen LogP contribution is -1.99. The van der Waals surface area contributed by atoms with Crippen molar-refractivity contribution >= 4 is 33.1 Å². The summed E-state index contributed by atoms with van der Waals surface area (Å²) < 4.78 is 6.21. The molecule has 1 nitrogen and oxygen atoms in total. The molecule has 0 saturated carbocycles. The Morgan fingerprint density at radius 3 is 2.48 bits per heavy atom. The second-order valence-corrected chi connectivity index (χ2v) is 6.49. The zero-order valence-electron chi connectivity index (χ0n) is 13.6. The summed E-state index contributed by atoms with van der Waals surface area (Å²) in [5, 5.41) is 5.40. The maximum Gasteiger partial charge on any atom is 0.134 e. The van der Waals surface area contributed by atoms with Crippen molar-refractivity contribution in [2.45, 2.75) is 39.0 Å². The molecule has 0 N–H and O–H groups in total. The van der Waals surface area contributed by atoms with Crippen molar-refractivity contribution in [3.63, 3.8) is 0 Å². The van der Waals surface area contributed by atoms with E-state index in [9.17, 15) is 0 Å². The average molecular weight is 327 g/mol. The Balaban J connectivity index is 1.89. The molecule has 3 aromatic rings. The minimum Gasteiger partial charge on any atom is -0.492 e. The van der Waals surface area contributed by atoms with E-state index in [1.807, 2.05) is 12.1 Å². The Hall–Kier alpha value is -1.73. The Morgan fingerprint density at radius 1 is 0.826 bits per heavy atom. The van der Waals surface area contributed by atoms with E-state index in [4.69, 9.17) is 16.3 Å². The van der Waals surface area contributed by atoms with E-state index in [-0.39, 0.29) is 0 Å². The van der Waals surface area contributed by atoms with Crippen LogP contribution in [0.2, 0.25) is 5.02 Å². The summed E-state index contributed by atoms with van der Waals surface area (Å²) in [5.74, 6) is 0.969. The van der Waals surface area contributed by atoms with E-state index in [0.29, 0.717) is 0 Å². The monoisotopic (exact) mass is 326 g/mol. The van der Waals surface area contributed by atoms with Crippen LogP contribution in [0.1, 0.15) is 39.0 Å². The van der Waals surface area contributed by atoms with E-state index in [2.05, 4.69) is 43.3 Å². The molecule has 0 atom stereocenters. The molecule has 0 aromatic heterocycles. The highest BCUT2D eigenvalue weighted by Gasteiger charge is 2.09. The van der Waals surface area contributed by atoms with E-state index in [0.717, 1.165) is 34.6 Å². The third kappa shape index (κ3) is 3.79. The molecule has 0 unspecified atom stereocenters. The number of rotatable bonds is 7. The van der Waals surface area contributed by atoms with Crippen LogP contribution >= 0.6 is 11.6 Å². The number of hydrogen-bond donors (Lipinski definition) is 0. The molecule has 120 valence electrons. The third-order valence-corrected chi connectivity index (χ3v) is 4.51. The van der Waals surface area contributed by atoms with Gasteiger partial charge in [-0.05, 0) is 35.4 Å². The predicted molar refractivity (Wildman–Crippen MR) is 101 cm³/mol. The van der Waals surface area contributed by atoms with E-state index in [1.54, 1.807) is 0 Å². The molecule has 2 heteroatoms. The standard InChI is InChI=1S/C21H23ClO/c1-2-3-4-5-8-13-23-21-19-10-7-6-9-16(19)14-17-11-12-18(22)15-20(17)21/h6-7,9-12,14-15H,2-5,8,13H2,1H3. The maximum absolute atomic E-state index is 6.21. The summed E-state index contributed by atoms with van der Waals surface area (Å²) in [7, 11) is 0. The molecular formula is C21H23ClO. The van der Waals surface area contributed by atoms with Gasteiger partial charge in [0.05, 0.1) is 6.61 Å².